The standard InChI is InChI=1S/C17H23N5O3S2/c1-10(2)15(18)16(23)22-7-6-12-4-5-14(8-13(12)9-22)27(24,25)21-17-20-19-11(3)26-17/h4-5,8,10,15H,6-7,9,18H2,1-3H3,(H,20,21)/t15-/m1/s1. The minimum Gasteiger partial charge on any atom is -0.337 e. The number of carbonyl (C=O) groups excluding carboxylic acids is 1. The lowest BCUT2D eigenvalue weighted by Gasteiger charge is -2.32. The number of nitrogens with zero attached hydrogens (tertiary/aromatic N) is 3. The third kappa shape index (κ3) is 4.28. The highest BCUT2D eigenvalue weighted by Gasteiger charge is 2.28. The largest absolute Gasteiger partial charge is 0.337 e. The number of sulfonamides is 1. The average Bonchev–Trinajstić information content (AvgIpc) is 3.03. The van der Waals surface area contributed by atoms with Gasteiger partial charge in [-0.05, 0) is 42.5 Å². The Morgan fingerprint density at radius 3 is 2.67 bits per heavy atom. The lowest BCUT2D eigenvalue weighted by Crippen LogP contribution is -2.48. The second-order valence-electron chi connectivity index (χ2n) is 6.94. The van der Waals surface area contributed by atoms with Crippen LogP contribution in [0.1, 0.15) is 30.0 Å². The Morgan fingerprint density at radius 2 is 2.04 bits per heavy atom. The fraction of sp³-hybridized carbons (Fsp3) is 0.471. The molecule has 1 amide bonds. The summed E-state index contributed by atoms with van der Waals surface area (Å²) in [4.78, 5) is 14.4. The van der Waals surface area contributed by atoms with Crippen molar-refractivity contribution < 1.29 is 13.2 Å². The summed E-state index contributed by atoms with van der Waals surface area (Å²) in [7, 11) is -3.77. The maximum absolute atomic E-state index is 12.6. The Morgan fingerprint density at radius 1 is 1.30 bits per heavy atom. The van der Waals surface area contributed by atoms with Gasteiger partial charge in [0.2, 0.25) is 11.0 Å². The van der Waals surface area contributed by atoms with Gasteiger partial charge in [0.1, 0.15) is 5.01 Å². The van der Waals surface area contributed by atoms with E-state index >= 15 is 0 Å². The molecule has 1 aliphatic rings. The fourth-order valence-corrected chi connectivity index (χ4v) is 4.77. The molecule has 8 nitrogen and oxygen atoms in total. The smallest absolute Gasteiger partial charge is 0.263 e. The quantitative estimate of drug-likeness (QED) is 0.773. The summed E-state index contributed by atoms with van der Waals surface area (Å²) in [5.74, 6) is -0.0588. The van der Waals surface area contributed by atoms with Crippen molar-refractivity contribution in [1.29, 1.82) is 0 Å². The molecule has 1 aliphatic heterocycles. The Bertz CT molecular complexity index is 955. The molecule has 2 aromatic rings. The van der Waals surface area contributed by atoms with E-state index in [2.05, 4.69) is 14.9 Å². The normalized spacial score (nSPS) is 15.5. The van der Waals surface area contributed by atoms with Gasteiger partial charge in [0.05, 0.1) is 10.9 Å². The van der Waals surface area contributed by atoms with Gasteiger partial charge < -0.3 is 10.6 Å². The topological polar surface area (TPSA) is 118 Å². The molecule has 27 heavy (non-hydrogen) atoms. The maximum Gasteiger partial charge on any atom is 0.263 e. The van der Waals surface area contributed by atoms with E-state index < -0.39 is 16.1 Å². The van der Waals surface area contributed by atoms with Crippen LogP contribution in [0.15, 0.2) is 23.1 Å². The van der Waals surface area contributed by atoms with Gasteiger partial charge in [0.15, 0.2) is 0 Å². The van der Waals surface area contributed by atoms with Crippen LogP contribution in [0.4, 0.5) is 5.13 Å². The Kier molecular flexibility index (Phi) is 5.50. The van der Waals surface area contributed by atoms with Crippen LogP contribution < -0.4 is 10.5 Å². The van der Waals surface area contributed by atoms with Crippen LogP contribution in [0.3, 0.4) is 0 Å². The number of fused-ring (bicyclic) bond motifs is 1. The van der Waals surface area contributed by atoms with Gasteiger partial charge in [-0.25, -0.2) is 8.42 Å². The first-order valence-corrected chi connectivity index (χ1v) is 11.0. The van der Waals surface area contributed by atoms with Crippen molar-refractivity contribution in [1.82, 2.24) is 15.1 Å². The summed E-state index contributed by atoms with van der Waals surface area (Å²) in [5.41, 5.74) is 7.85. The van der Waals surface area contributed by atoms with Crippen LogP contribution in [0, 0.1) is 12.8 Å². The molecule has 0 spiro atoms. The summed E-state index contributed by atoms with van der Waals surface area (Å²) < 4.78 is 27.7. The summed E-state index contributed by atoms with van der Waals surface area (Å²) in [5, 5.41) is 8.51. The van der Waals surface area contributed by atoms with Gasteiger partial charge in [-0.3, -0.25) is 9.52 Å². The average molecular weight is 410 g/mol. The lowest BCUT2D eigenvalue weighted by atomic mass is 9.97. The highest BCUT2D eigenvalue weighted by atomic mass is 32.2. The number of aryl methyl sites for hydroxylation is 1. The fourth-order valence-electron chi connectivity index (χ4n) is 2.90. The molecule has 146 valence electrons. The van der Waals surface area contributed by atoms with Crippen molar-refractivity contribution in [2.24, 2.45) is 11.7 Å². The summed E-state index contributed by atoms with van der Waals surface area (Å²) >= 11 is 1.17. The van der Waals surface area contributed by atoms with E-state index in [0.29, 0.717) is 24.5 Å². The first kappa shape index (κ1) is 19.7. The Hall–Kier alpha value is -2.04. The molecular weight excluding hydrogens is 386 g/mol. The van der Waals surface area contributed by atoms with E-state index in [0.717, 1.165) is 11.1 Å². The number of nitrogens with two attached hydrogens (primary N) is 1. The molecule has 10 heteroatoms. The first-order valence-electron chi connectivity index (χ1n) is 8.66. The van der Waals surface area contributed by atoms with Crippen LogP contribution in [-0.4, -0.2) is 42.0 Å². The van der Waals surface area contributed by atoms with E-state index in [1.807, 2.05) is 13.8 Å². The summed E-state index contributed by atoms with van der Waals surface area (Å²) in [6.45, 7) is 6.51. The second-order valence-corrected chi connectivity index (χ2v) is 9.81. The van der Waals surface area contributed by atoms with Crippen molar-refractivity contribution in [2.75, 3.05) is 11.3 Å². The Labute approximate surface area is 162 Å². The number of aromatic nitrogens is 2. The van der Waals surface area contributed by atoms with Crippen LogP contribution >= 0.6 is 11.3 Å². The third-order valence-corrected chi connectivity index (χ3v) is 6.78. The minimum atomic E-state index is -3.77. The Balaban J connectivity index is 1.82. The third-order valence-electron chi connectivity index (χ3n) is 4.56. The number of nitrogens with one attached hydrogen (secondary N) is 1. The molecule has 1 atom stereocenters. The van der Waals surface area contributed by atoms with E-state index in [9.17, 15) is 13.2 Å². The van der Waals surface area contributed by atoms with E-state index in [1.165, 1.54) is 11.3 Å². The van der Waals surface area contributed by atoms with Crippen LogP contribution in [0.2, 0.25) is 0 Å². The predicted octanol–water partition coefficient (Wildman–Crippen LogP) is 1.52. The SMILES string of the molecule is Cc1nnc(NS(=O)(=O)c2ccc3c(c2)CN(C(=O)[C@H](N)C(C)C)CC3)s1. The second kappa shape index (κ2) is 7.53. The van der Waals surface area contributed by atoms with E-state index in [4.69, 9.17) is 5.73 Å². The number of hydrogen-bond acceptors (Lipinski definition) is 7. The molecule has 0 saturated heterocycles. The van der Waals surface area contributed by atoms with E-state index in [-0.39, 0.29) is 21.9 Å². The zero-order valence-electron chi connectivity index (χ0n) is 15.5. The van der Waals surface area contributed by atoms with Crippen LogP contribution in [0.25, 0.3) is 0 Å². The van der Waals surface area contributed by atoms with Gasteiger partial charge in [0, 0.05) is 13.1 Å². The molecule has 3 rings (SSSR count). The molecule has 0 unspecified atom stereocenters. The molecule has 0 radical (unpaired) electrons. The lowest BCUT2D eigenvalue weighted by molar-refractivity contribution is -0.134. The highest BCUT2D eigenvalue weighted by Crippen LogP contribution is 2.25. The van der Waals surface area contributed by atoms with E-state index in [1.54, 1.807) is 30.0 Å². The molecule has 0 fully saturated rings. The molecule has 1 aromatic heterocycles. The van der Waals surface area contributed by atoms with Crippen molar-refractivity contribution >= 4 is 32.4 Å². The number of amides is 1. The van der Waals surface area contributed by atoms with Gasteiger partial charge in [-0.2, -0.15) is 0 Å². The monoisotopic (exact) mass is 409 g/mol. The molecular formula is C17H23N5O3S2. The summed E-state index contributed by atoms with van der Waals surface area (Å²) in [6, 6.07) is 4.44. The predicted molar refractivity (Wildman–Crippen MR) is 104 cm³/mol. The zero-order chi connectivity index (χ0) is 19.8. The van der Waals surface area contributed by atoms with Gasteiger partial charge in [-0.1, -0.05) is 31.3 Å². The highest BCUT2D eigenvalue weighted by molar-refractivity contribution is 7.93. The van der Waals surface area contributed by atoms with Gasteiger partial charge in [0.25, 0.3) is 10.0 Å². The first-order chi connectivity index (χ1) is 12.7. The van der Waals surface area contributed by atoms with Gasteiger partial charge >= 0.3 is 0 Å². The maximum atomic E-state index is 12.6. The molecule has 0 bridgehead atoms. The van der Waals surface area contributed by atoms with Crippen molar-refractivity contribution in [3.63, 3.8) is 0 Å². The summed E-state index contributed by atoms with van der Waals surface area (Å²) in [6.07, 6.45) is 0.676. The number of anilines is 1. The number of rotatable bonds is 5. The van der Waals surface area contributed by atoms with Crippen molar-refractivity contribution in [3.05, 3.63) is 34.3 Å². The molecule has 1 aromatic carbocycles. The van der Waals surface area contributed by atoms with Crippen molar-refractivity contribution in [2.45, 2.75) is 44.7 Å². The number of carbonyl (C=O) groups is 1. The van der Waals surface area contributed by atoms with Gasteiger partial charge in [-0.15, -0.1) is 10.2 Å². The minimum absolute atomic E-state index is 0.0465. The molecule has 2 heterocycles. The molecule has 0 saturated carbocycles. The van der Waals surface area contributed by atoms with Crippen molar-refractivity contribution in [3.8, 4) is 0 Å². The van der Waals surface area contributed by atoms with Crippen LogP contribution in [0.5, 0.6) is 0 Å². The zero-order valence-corrected chi connectivity index (χ0v) is 17.1. The number of benzene rings is 1. The molecule has 3 N–H and O–H groups in total. The van der Waals surface area contributed by atoms with Crippen LogP contribution in [-0.2, 0) is 27.8 Å². The molecule has 0 aliphatic carbocycles. The number of hydrogen-bond donors (Lipinski definition) is 2.